The Morgan fingerprint density at radius 2 is 2.26 bits per heavy atom. The van der Waals surface area contributed by atoms with Gasteiger partial charge in [0.2, 0.25) is 6.79 Å². The van der Waals surface area contributed by atoms with Crippen molar-refractivity contribution in [1.29, 1.82) is 0 Å². The van der Waals surface area contributed by atoms with E-state index in [1.165, 1.54) is 0 Å². The van der Waals surface area contributed by atoms with Crippen molar-refractivity contribution in [3.63, 3.8) is 0 Å². The molecule has 1 aliphatic heterocycles. The Labute approximate surface area is 115 Å². The summed E-state index contributed by atoms with van der Waals surface area (Å²) < 4.78 is 10.5. The Morgan fingerprint density at radius 1 is 1.47 bits per heavy atom. The molecule has 0 bridgehead atoms. The molecule has 5 nitrogen and oxygen atoms in total. The van der Waals surface area contributed by atoms with Crippen molar-refractivity contribution in [1.82, 2.24) is 5.32 Å². The summed E-state index contributed by atoms with van der Waals surface area (Å²) >= 11 is 6.08. The zero-order chi connectivity index (χ0) is 13.4. The van der Waals surface area contributed by atoms with Gasteiger partial charge >= 0.3 is 5.97 Å². The van der Waals surface area contributed by atoms with Crippen molar-refractivity contribution in [3.8, 4) is 11.5 Å². The number of rotatable bonds is 5. The Balaban J connectivity index is 1.70. The molecule has 1 saturated carbocycles. The van der Waals surface area contributed by atoms with Crippen molar-refractivity contribution in [2.24, 2.45) is 5.92 Å². The second-order valence-electron chi connectivity index (χ2n) is 4.85. The minimum Gasteiger partial charge on any atom is -0.480 e. The number of benzene rings is 1. The van der Waals surface area contributed by atoms with Gasteiger partial charge in [-0.2, -0.15) is 0 Å². The summed E-state index contributed by atoms with van der Waals surface area (Å²) in [6.07, 6.45) is 1.96. The summed E-state index contributed by atoms with van der Waals surface area (Å²) in [6, 6.07) is 3.12. The lowest BCUT2D eigenvalue weighted by Crippen LogP contribution is -2.38. The molecule has 1 aromatic carbocycles. The third kappa shape index (κ3) is 2.62. The third-order valence-corrected chi connectivity index (χ3v) is 3.65. The topological polar surface area (TPSA) is 67.8 Å². The van der Waals surface area contributed by atoms with Crippen LogP contribution in [0.4, 0.5) is 0 Å². The van der Waals surface area contributed by atoms with Gasteiger partial charge in [-0.3, -0.25) is 4.79 Å². The fourth-order valence-corrected chi connectivity index (χ4v) is 2.52. The molecule has 1 heterocycles. The molecule has 0 spiro atoms. The zero-order valence-electron chi connectivity index (χ0n) is 10.2. The normalized spacial score (nSPS) is 18.4. The lowest BCUT2D eigenvalue weighted by Gasteiger charge is -2.14. The molecule has 1 aliphatic carbocycles. The van der Waals surface area contributed by atoms with Gasteiger partial charge < -0.3 is 19.9 Å². The zero-order valence-corrected chi connectivity index (χ0v) is 10.9. The highest BCUT2D eigenvalue weighted by molar-refractivity contribution is 6.32. The smallest absolute Gasteiger partial charge is 0.320 e. The van der Waals surface area contributed by atoms with Crippen LogP contribution in [0.2, 0.25) is 5.02 Å². The quantitative estimate of drug-likeness (QED) is 0.865. The number of hydrogen-bond donors (Lipinski definition) is 2. The maximum absolute atomic E-state index is 11.1. The molecule has 0 aromatic heterocycles. The number of carbonyl (C=O) groups is 1. The first kappa shape index (κ1) is 12.6. The summed E-state index contributed by atoms with van der Waals surface area (Å²) in [6.45, 7) is 0.621. The van der Waals surface area contributed by atoms with E-state index in [-0.39, 0.29) is 12.7 Å². The number of fused-ring (bicyclic) bond motifs is 1. The van der Waals surface area contributed by atoms with Crippen LogP contribution in [-0.2, 0) is 11.3 Å². The molecule has 2 aliphatic rings. The largest absolute Gasteiger partial charge is 0.480 e. The van der Waals surface area contributed by atoms with Gasteiger partial charge in [0.25, 0.3) is 0 Å². The standard InChI is InChI=1S/C13H14ClNO4/c14-9-3-7(4-10-12(9)19-6-18-10)5-15-11(13(16)17)8-1-2-8/h3-4,8,11,15H,1-2,5-6H2,(H,16,17). The summed E-state index contributed by atoms with van der Waals surface area (Å²) in [5.41, 5.74) is 0.890. The van der Waals surface area contributed by atoms with E-state index in [0.29, 0.717) is 23.1 Å². The van der Waals surface area contributed by atoms with E-state index >= 15 is 0 Å². The van der Waals surface area contributed by atoms with Crippen LogP contribution in [-0.4, -0.2) is 23.9 Å². The van der Waals surface area contributed by atoms with Crippen LogP contribution in [0.5, 0.6) is 11.5 Å². The first-order valence-electron chi connectivity index (χ1n) is 6.19. The number of nitrogens with one attached hydrogen (secondary N) is 1. The predicted octanol–water partition coefficient (Wildman–Crippen LogP) is 2.02. The van der Waals surface area contributed by atoms with E-state index in [0.717, 1.165) is 18.4 Å². The maximum Gasteiger partial charge on any atom is 0.320 e. The molecule has 102 valence electrons. The average molecular weight is 284 g/mol. The lowest BCUT2D eigenvalue weighted by molar-refractivity contribution is -0.140. The fourth-order valence-electron chi connectivity index (χ4n) is 2.24. The van der Waals surface area contributed by atoms with Gasteiger partial charge in [0.1, 0.15) is 6.04 Å². The van der Waals surface area contributed by atoms with Crippen LogP contribution in [0.15, 0.2) is 12.1 Å². The first-order chi connectivity index (χ1) is 9.15. The van der Waals surface area contributed by atoms with Gasteiger partial charge in [-0.15, -0.1) is 0 Å². The second-order valence-corrected chi connectivity index (χ2v) is 5.25. The van der Waals surface area contributed by atoms with Crippen LogP contribution in [0.1, 0.15) is 18.4 Å². The minimum atomic E-state index is -0.797. The predicted molar refractivity (Wildman–Crippen MR) is 68.6 cm³/mol. The van der Waals surface area contributed by atoms with Gasteiger partial charge in [0.15, 0.2) is 11.5 Å². The molecule has 1 aromatic rings. The number of halogens is 1. The van der Waals surface area contributed by atoms with Crippen LogP contribution in [0.25, 0.3) is 0 Å². The highest BCUT2D eigenvalue weighted by atomic mass is 35.5. The molecule has 1 fully saturated rings. The Hall–Kier alpha value is -1.46. The molecule has 0 saturated heterocycles. The number of aliphatic carboxylic acids is 1. The average Bonchev–Trinajstić information content (AvgIpc) is 3.06. The first-order valence-corrected chi connectivity index (χ1v) is 6.57. The molecule has 1 atom stereocenters. The van der Waals surface area contributed by atoms with E-state index in [9.17, 15) is 4.79 Å². The Kier molecular flexibility index (Phi) is 3.24. The molecule has 2 N–H and O–H groups in total. The van der Waals surface area contributed by atoms with Crippen LogP contribution < -0.4 is 14.8 Å². The molecule has 19 heavy (non-hydrogen) atoms. The molecule has 0 radical (unpaired) electrons. The molecule has 0 amide bonds. The van der Waals surface area contributed by atoms with Crippen molar-refractivity contribution < 1.29 is 19.4 Å². The number of hydrogen-bond acceptors (Lipinski definition) is 4. The monoisotopic (exact) mass is 283 g/mol. The highest BCUT2D eigenvalue weighted by Crippen LogP contribution is 2.40. The minimum absolute atomic E-state index is 0.172. The Morgan fingerprint density at radius 3 is 2.95 bits per heavy atom. The van der Waals surface area contributed by atoms with Crippen LogP contribution >= 0.6 is 11.6 Å². The SMILES string of the molecule is O=C(O)C(NCc1cc(Cl)c2c(c1)OCO2)C1CC1. The van der Waals surface area contributed by atoms with Crippen LogP contribution in [0.3, 0.4) is 0 Å². The third-order valence-electron chi connectivity index (χ3n) is 3.37. The number of carboxylic acids is 1. The molecule has 1 unspecified atom stereocenters. The van der Waals surface area contributed by atoms with E-state index in [2.05, 4.69) is 5.32 Å². The summed E-state index contributed by atoms with van der Waals surface area (Å²) in [4.78, 5) is 11.1. The molecular weight excluding hydrogens is 270 g/mol. The van der Waals surface area contributed by atoms with E-state index in [1.807, 2.05) is 6.07 Å². The molecule has 6 heteroatoms. The molecule has 3 rings (SSSR count). The van der Waals surface area contributed by atoms with E-state index < -0.39 is 12.0 Å². The van der Waals surface area contributed by atoms with E-state index in [4.69, 9.17) is 26.2 Å². The highest BCUT2D eigenvalue weighted by Gasteiger charge is 2.35. The van der Waals surface area contributed by atoms with Crippen molar-refractivity contribution >= 4 is 17.6 Å². The van der Waals surface area contributed by atoms with E-state index in [1.54, 1.807) is 6.07 Å². The summed E-state index contributed by atoms with van der Waals surface area (Å²) in [5, 5.41) is 12.7. The Bertz CT molecular complexity index is 516. The summed E-state index contributed by atoms with van der Waals surface area (Å²) in [7, 11) is 0. The van der Waals surface area contributed by atoms with Crippen molar-refractivity contribution in [3.05, 3.63) is 22.7 Å². The van der Waals surface area contributed by atoms with Gasteiger partial charge in [-0.25, -0.2) is 0 Å². The van der Waals surface area contributed by atoms with Gasteiger partial charge in [0, 0.05) is 6.54 Å². The van der Waals surface area contributed by atoms with Gasteiger partial charge in [-0.05, 0) is 36.5 Å². The van der Waals surface area contributed by atoms with Gasteiger partial charge in [-0.1, -0.05) is 11.6 Å². The number of ether oxygens (including phenoxy) is 2. The number of carboxylic acid groups (broad SMARTS) is 1. The maximum atomic E-state index is 11.1. The molecular formula is C13H14ClNO4. The van der Waals surface area contributed by atoms with Crippen molar-refractivity contribution in [2.45, 2.75) is 25.4 Å². The lowest BCUT2D eigenvalue weighted by atomic mass is 10.1. The summed E-state index contributed by atoms with van der Waals surface area (Å²) in [5.74, 6) is 0.626. The van der Waals surface area contributed by atoms with Crippen LogP contribution in [0, 0.1) is 5.92 Å². The van der Waals surface area contributed by atoms with Gasteiger partial charge in [0.05, 0.1) is 5.02 Å². The second kappa shape index (κ2) is 4.90. The fraction of sp³-hybridized carbons (Fsp3) is 0.462. The van der Waals surface area contributed by atoms with Crippen molar-refractivity contribution in [2.75, 3.05) is 6.79 Å².